The number of thiophene rings is 1. The van der Waals surface area contributed by atoms with Gasteiger partial charge >= 0.3 is 0 Å². The van der Waals surface area contributed by atoms with Crippen LogP contribution in [0.15, 0.2) is 16.5 Å². The zero-order valence-electron chi connectivity index (χ0n) is 11.8. The number of aromatic amines is 1. The third-order valence-electron chi connectivity index (χ3n) is 3.61. The molecule has 0 bridgehead atoms. The zero-order chi connectivity index (χ0) is 14.3. The lowest BCUT2D eigenvalue weighted by molar-refractivity contribution is 0.0686. The van der Waals surface area contributed by atoms with Crippen LogP contribution in [0.25, 0.3) is 10.6 Å². The van der Waals surface area contributed by atoms with Gasteiger partial charge in [-0.05, 0) is 38.2 Å². The lowest BCUT2D eigenvalue weighted by atomic mass is 9.99. The van der Waals surface area contributed by atoms with Crippen LogP contribution >= 0.6 is 23.1 Å². The van der Waals surface area contributed by atoms with Crippen molar-refractivity contribution in [3.05, 3.63) is 23.4 Å². The van der Waals surface area contributed by atoms with Crippen molar-refractivity contribution < 1.29 is 4.79 Å². The Morgan fingerprint density at radius 1 is 1.50 bits per heavy atom. The molecule has 1 aliphatic heterocycles. The number of nitrogens with one attached hydrogen (secondary N) is 1. The maximum absolute atomic E-state index is 12.7. The molecule has 2 aromatic rings. The lowest BCUT2D eigenvalue weighted by Crippen LogP contribution is -2.41. The Bertz CT molecular complexity index is 631. The lowest BCUT2D eigenvalue weighted by Gasteiger charge is -2.31. The van der Waals surface area contributed by atoms with Crippen molar-refractivity contribution in [2.75, 3.05) is 12.8 Å². The normalized spacial score (nSPS) is 15.0. The summed E-state index contributed by atoms with van der Waals surface area (Å²) in [5.41, 5.74) is 3.11. The van der Waals surface area contributed by atoms with Crippen LogP contribution in [0.5, 0.6) is 0 Å². The van der Waals surface area contributed by atoms with E-state index < -0.39 is 0 Å². The van der Waals surface area contributed by atoms with E-state index in [1.807, 2.05) is 17.2 Å². The Morgan fingerprint density at radius 3 is 2.90 bits per heavy atom. The second-order valence-electron chi connectivity index (χ2n) is 5.09. The second-order valence-corrected chi connectivity index (χ2v) is 7.18. The van der Waals surface area contributed by atoms with E-state index in [2.05, 4.69) is 24.0 Å². The highest BCUT2D eigenvalue weighted by Gasteiger charge is 2.32. The number of fused-ring (bicyclic) bond motifs is 1. The first-order valence-electron chi connectivity index (χ1n) is 6.63. The van der Waals surface area contributed by atoms with Crippen molar-refractivity contribution in [2.45, 2.75) is 30.5 Å². The number of carbonyl (C=O) groups excluding carboxylic acids is 1. The summed E-state index contributed by atoms with van der Waals surface area (Å²) in [5.74, 6) is 0.174. The maximum Gasteiger partial charge on any atom is 0.256 e. The van der Waals surface area contributed by atoms with Crippen LogP contribution in [0.3, 0.4) is 0 Å². The molecular formula is C14H17N3OS2. The molecule has 3 heterocycles. The number of H-pyrrole nitrogens is 1. The molecule has 4 nitrogen and oxygen atoms in total. The van der Waals surface area contributed by atoms with Gasteiger partial charge in [-0.25, -0.2) is 0 Å². The molecule has 0 saturated heterocycles. The van der Waals surface area contributed by atoms with E-state index in [-0.39, 0.29) is 11.9 Å². The molecule has 0 saturated carbocycles. The van der Waals surface area contributed by atoms with E-state index in [1.54, 1.807) is 29.3 Å². The average Bonchev–Trinajstić information content (AvgIpc) is 3.05. The van der Waals surface area contributed by atoms with Crippen molar-refractivity contribution in [3.8, 4) is 10.6 Å². The summed E-state index contributed by atoms with van der Waals surface area (Å²) in [5, 5.41) is 7.04. The summed E-state index contributed by atoms with van der Waals surface area (Å²) < 4.78 is 1.11. The number of hydrogen-bond donors (Lipinski definition) is 1. The average molecular weight is 307 g/mol. The Balaban J connectivity index is 2.12. The predicted molar refractivity (Wildman–Crippen MR) is 83.6 cm³/mol. The van der Waals surface area contributed by atoms with Crippen LogP contribution in [0, 0.1) is 0 Å². The number of amides is 1. The first-order valence-corrected chi connectivity index (χ1v) is 8.68. The molecule has 106 valence electrons. The SMILES string of the molecule is CSc1sc(-c2ccn[nH]2)c2c1C(=O)N(C(C)C)CC2. The van der Waals surface area contributed by atoms with Gasteiger partial charge in [-0.15, -0.1) is 23.1 Å². The van der Waals surface area contributed by atoms with Crippen LogP contribution in [-0.4, -0.2) is 39.8 Å². The summed E-state index contributed by atoms with van der Waals surface area (Å²) in [4.78, 5) is 15.8. The van der Waals surface area contributed by atoms with Gasteiger partial charge in [-0.1, -0.05) is 0 Å². The van der Waals surface area contributed by atoms with E-state index in [0.29, 0.717) is 0 Å². The number of thioether (sulfide) groups is 1. The highest BCUT2D eigenvalue weighted by Crippen LogP contribution is 2.43. The first-order chi connectivity index (χ1) is 9.63. The molecule has 20 heavy (non-hydrogen) atoms. The molecule has 0 unspecified atom stereocenters. The van der Waals surface area contributed by atoms with Crippen LogP contribution < -0.4 is 0 Å². The van der Waals surface area contributed by atoms with Gasteiger partial charge in [0, 0.05) is 18.8 Å². The molecule has 0 radical (unpaired) electrons. The molecule has 6 heteroatoms. The summed E-state index contributed by atoms with van der Waals surface area (Å²) in [6.07, 6.45) is 4.71. The van der Waals surface area contributed by atoms with Crippen molar-refractivity contribution in [3.63, 3.8) is 0 Å². The Labute approximate surface area is 126 Å². The summed E-state index contributed by atoms with van der Waals surface area (Å²) in [7, 11) is 0. The molecular weight excluding hydrogens is 290 g/mol. The fourth-order valence-electron chi connectivity index (χ4n) is 2.61. The van der Waals surface area contributed by atoms with E-state index in [0.717, 1.165) is 28.4 Å². The predicted octanol–water partition coefficient (Wildman–Crippen LogP) is 3.27. The van der Waals surface area contributed by atoms with Gasteiger partial charge in [-0.3, -0.25) is 9.89 Å². The molecule has 0 spiro atoms. The third-order valence-corrected chi connectivity index (χ3v) is 5.99. The molecule has 2 aromatic heterocycles. The molecule has 0 atom stereocenters. The monoisotopic (exact) mass is 307 g/mol. The number of aromatic nitrogens is 2. The number of rotatable bonds is 3. The van der Waals surface area contributed by atoms with Gasteiger partial charge in [0.05, 0.1) is 20.3 Å². The van der Waals surface area contributed by atoms with Crippen molar-refractivity contribution >= 4 is 29.0 Å². The second kappa shape index (κ2) is 5.26. The quantitative estimate of drug-likeness (QED) is 0.885. The highest BCUT2D eigenvalue weighted by atomic mass is 32.2. The topological polar surface area (TPSA) is 49.0 Å². The Hall–Kier alpha value is -1.27. The van der Waals surface area contributed by atoms with Crippen molar-refractivity contribution in [2.24, 2.45) is 0 Å². The van der Waals surface area contributed by atoms with Crippen LogP contribution in [-0.2, 0) is 6.42 Å². The van der Waals surface area contributed by atoms with Gasteiger partial charge in [0.15, 0.2) is 0 Å². The van der Waals surface area contributed by atoms with Gasteiger partial charge in [0.1, 0.15) is 0 Å². The number of carbonyl (C=O) groups is 1. The minimum Gasteiger partial charge on any atom is -0.336 e. The van der Waals surface area contributed by atoms with Crippen LogP contribution in [0.4, 0.5) is 0 Å². The van der Waals surface area contributed by atoms with Gasteiger partial charge in [0.25, 0.3) is 5.91 Å². The minimum atomic E-state index is 0.174. The van der Waals surface area contributed by atoms with Gasteiger partial charge < -0.3 is 4.90 Å². The highest BCUT2D eigenvalue weighted by molar-refractivity contribution is 8.00. The molecule has 0 aromatic carbocycles. The minimum absolute atomic E-state index is 0.174. The maximum atomic E-state index is 12.7. The summed E-state index contributed by atoms with van der Waals surface area (Å²) in [6.45, 7) is 4.95. The van der Waals surface area contributed by atoms with Crippen molar-refractivity contribution in [1.29, 1.82) is 0 Å². The van der Waals surface area contributed by atoms with E-state index in [9.17, 15) is 4.79 Å². The fraction of sp³-hybridized carbons (Fsp3) is 0.429. The van der Waals surface area contributed by atoms with E-state index in [4.69, 9.17) is 0 Å². The molecule has 0 aliphatic carbocycles. The van der Waals surface area contributed by atoms with E-state index in [1.165, 1.54) is 10.4 Å². The van der Waals surface area contributed by atoms with Crippen LogP contribution in [0.1, 0.15) is 29.8 Å². The fourth-order valence-corrected chi connectivity index (χ4v) is 4.66. The van der Waals surface area contributed by atoms with Crippen molar-refractivity contribution in [1.82, 2.24) is 15.1 Å². The molecule has 0 fully saturated rings. The Kier molecular flexibility index (Phi) is 3.60. The largest absolute Gasteiger partial charge is 0.336 e. The number of hydrogen-bond acceptors (Lipinski definition) is 4. The third kappa shape index (κ3) is 2.07. The molecule has 1 amide bonds. The molecule has 3 rings (SSSR count). The smallest absolute Gasteiger partial charge is 0.256 e. The summed E-state index contributed by atoms with van der Waals surface area (Å²) in [6, 6.07) is 2.22. The zero-order valence-corrected chi connectivity index (χ0v) is 13.4. The standard InChI is InChI=1S/C14H17N3OS2/c1-8(2)17-7-5-9-11(13(17)18)14(19-3)20-12(9)10-4-6-15-16-10/h4,6,8H,5,7H2,1-3H3,(H,15,16). The van der Waals surface area contributed by atoms with Gasteiger partial charge in [-0.2, -0.15) is 5.10 Å². The summed E-state index contributed by atoms with van der Waals surface area (Å²) >= 11 is 3.35. The molecule has 1 N–H and O–H groups in total. The first kappa shape index (κ1) is 13.7. The van der Waals surface area contributed by atoms with Gasteiger partial charge in [0.2, 0.25) is 0 Å². The molecule has 1 aliphatic rings. The Morgan fingerprint density at radius 2 is 2.30 bits per heavy atom. The number of nitrogens with zero attached hydrogens (tertiary/aromatic N) is 2. The van der Waals surface area contributed by atoms with E-state index >= 15 is 0 Å². The van der Waals surface area contributed by atoms with Crippen LogP contribution in [0.2, 0.25) is 0 Å².